The predicted octanol–water partition coefficient (Wildman–Crippen LogP) is 7.75. The number of benzene rings is 3. The van der Waals surface area contributed by atoms with Gasteiger partial charge in [0.15, 0.2) is 5.78 Å². The van der Waals surface area contributed by atoms with Crippen molar-refractivity contribution in [3.05, 3.63) is 116 Å². The Morgan fingerprint density at radius 1 is 1.05 bits per heavy atom. The van der Waals surface area contributed by atoms with Crippen molar-refractivity contribution in [2.24, 2.45) is 11.1 Å². The number of nitriles is 1. The van der Waals surface area contributed by atoms with E-state index in [1.807, 2.05) is 39.8 Å². The number of ketones is 1. The van der Waals surface area contributed by atoms with Gasteiger partial charge in [0.1, 0.15) is 29.8 Å². The van der Waals surface area contributed by atoms with E-state index < -0.39 is 17.6 Å². The van der Waals surface area contributed by atoms with Crippen LogP contribution in [0.4, 0.5) is 14.5 Å². The van der Waals surface area contributed by atoms with Crippen molar-refractivity contribution in [1.29, 1.82) is 5.26 Å². The number of carbonyl (C=O) groups excluding carboxylic acids is 1. The van der Waals surface area contributed by atoms with Crippen LogP contribution in [0.15, 0.2) is 77.3 Å². The van der Waals surface area contributed by atoms with Crippen molar-refractivity contribution >= 4 is 23.1 Å². The molecule has 3 aromatic carbocycles. The van der Waals surface area contributed by atoms with Crippen molar-refractivity contribution in [3.63, 3.8) is 0 Å². The number of nitrogens with zero attached hydrogens (tertiary/aromatic N) is 2. The van der Waals surface area contributed by atoms with Crippen LogP contribution in [0.2, 0.25) is 5.02 Å². The number of anilines is 1. The van der Waals surface area contributed by atoms with Crippen LogP contribution in [0, 0.1) is 42.2 Å². The number of nitrogens with two attached hydrogens (primary N) is 1. The zero-order valence-corrected chi connectivity index (χ0v) is 24.1. The highest BCUT2D eigenvalue weighted by Gasteiger charge is 2.45. The molecule has 0 spiro atoms. The molecule has 1 aliphatic heterocycles. The molecule has 1 heterocycles. The lowest BCUT2D eigenvalue weighted by Gasteiger charge is -2.44. The minimum absolute atomic E-state index is 0.0514. The molecule has 210 valence electrons. The van der Waals surface area contributed by atoms with E-state index in [0.717, 1.165) is 28.0 Å². The summed E-state index contributed by atoms with van der Waals surface area (Å²) in [4.78, 5) is 15.6. The molecule has 0 saturated heterocycles. The van der Waals surface area contributed by atoms with Crippen LogP contribution in [0.25, 0.3) is 0 Å². The lowest BCUT2D eigenvalue weighted by molar-refractivity contribution is -0.118. The molecule has 0 saturated carbocycles. The van der Waals surface area contributed by atoms with E-state index >= 15 is 0 Å². The number of carbonyl (C=O) groups is 1. The van der Waals surface area contributed by atoms with Crippen LogP contribution >= 0.6 is 11.6 Å². The highest BCUT2D eigenvalue weighted by Crippen LogP contribution is 2.51. The molecular formula is C33H30ClF2N3O2. The maximum atomic E-state index is 13.9. The first kappa shape index (κ1) is 28.4. The van der Waals surface area contributed by atoms with Gasteiger partial charge < -0.3 is 10.5 Å². The fourth-order valence-electron chi connectivity index (χ4n) is 5.84. The summed E-state index contributed by atoms with van der Waals surface area (Å²) in [5, 5.41) is 10.6. The third kappa shape index (κ3) is 5.32. The summed E-state index contributed by atoms with van der Waals surface area (Å²) in [5.74, 6) is -1.02. The van der Waals surface area contributed by atoms with Crippen molar-refractivity contribution in [2.45, 2.75) is 53.1 Å². The maximum absolute atomic E-state index is 13.9. The Bertz CT molecular complexity index is 1670. The smallest absolute Gasteiger partial charge is 0.162 e. The van der Waals surface area contributed by atoms with Gasteiger partial charge in [-0.2, -0.15) is 5.26 Å². The Morgan fingerprint density at radius 2 is 1.73 bits per heavy atom. The predicted molar refractivity (Wildman–Crippen MR) is 155 cm³/mol. The van der Waals surface area contributed by atoms with E-state index in [2.05, 4.69) is 6.07 Å². The quantitative estimate of drug-likeness (QED) is 0.337. The van der Waals surface area contributed by atoms with Gasteiger partial charge in [0.05, 0.1) is 22.6 Å². The fraction of sp³-hybridized carbons (Fsp3) is 0.273. The van der Waals surface area contributed by atoms with Gasteiger partial charge in [-0.15, -0.1) is 0 Å². The van der Waals surface area contributed by atoms with Gasteiger partial charge in [-0.05, 0) is 90.4 Å². The Balaban J connectivity index is 1.65. The molecule has 1 unspecified atom stereocenters. The van der Waals surface area contributed by atoms with E-state index in [4.69, 9.17) is 22.1 Å². The van der Waals surface area contributed by atoms with Crippen LogP contribution in [-0.2, 0) is 11.4 Å². The summed E-state index contributed by atoms with van der Waals surface area (Å²) >= 11 is 6.17. The number of allylic oxidation sites excluding steroid dienone is 3. The number of hydrogen-bond acceptors (Lipinski definition) is 5. The third-order valence-corrected chi connectivity index (χ3v) is 8.07. The molecule has 2 N–H and O–H groups in total. The van der Waals surface area contributed by atoms with Gasteiger partial charge >= 0.3 is 0 Å². The first-order valence-corrected chi connectivity index (χ1v) is 13.7. The summed E-state index contributed by atoms with van der Waals surface area (Å²) in [6.07, 6.45) is 0.869. The molecule has 3 aromatic rings. The zero-order chi connectivity index (χ0) is 29.6. The van der Waals surface area contributed by atoms with Crippen LogP contribution < -0.4 is 15.4 Å². The lowest BCUT2D eigenvalue weighted by Crippen LogP contribution is -2.42. The standard InChI is InChI=1S/C33H30ClF2N3O2/c1-18-11-19(2)24(12-20(18)17-41-29-10-7-22(36)13-26(29)34)30-25(16-37)32(38)39(23-8-5-21(35)6-9-23)27-14-33(3,4)15-28(40)31(27)30/h5-13,30H,14-15,17,38H2,1-4H3. The monoisotopic (exact) mass is 573 g/mol. The van der Waals surface area contributed by atoms with Crippen molar-refractivity contribution in [2.75, 3.05) is 4.90 Å². The molecule has 1 atom stereocenters. The summed E-state index contributed by atoms with van der Waals surface area (Å²) in [7, 11) is 0. The number of halogens is 3. The van der Waals surface area contributed by atoms with Gasteiger partial charge in [-0.25, -0.2) is 8.78 Å². The number of ether oxygens (including phenoxy) is 1. The first-order valence-electron chi connectivity index (χ1n) is 13.3. The molecule has 41 heavy (non-hydrogen) atoms. The molecule has 0 fully saturated rings. The number of rotatable bonds is 5. The van der Waals surface area contributed by atoms with E-state index in [1.54, 1.807) is 17.0 Å². The van der Waals surface area contributed by atoms with Crippen LogP contribution in [-0.4, -0.2) is 5.78 Å². The second-order valence-corrected chi connectivity index (χ2v) is 11.9. The Kier molecular flexibility index (Phi) is 7.39. The number of Topliss-reactive ketones (excluding diaryl/α,β-unsaturated/α-hetero) is 1. The van der Waals surface area contributed by atoms with Gasteiger partial charge in [-0.3, -0.25) is 9.69 Å². The Morgan fingerprint density at radius 3 is 2.39 bits per heavy atom. The normalized spacial score (nSPS) is 18.3. The van der Waals surface area contributed by atoms with Crippen LogP contribution in [0.3, 0.4) is 0 Å². The average molecular weight is 574 g/mol. The first-order chi connectivity index (χ1) is 19.4. The molecule has 5 rings (SSSR count). The van der Waals surface area contributed by atoms with Gasteiger partial charge in [0.2, 0.25) is 0 Å². The van der Waals surface area contributed by atoms with E-state index in [0.29, 0.717) is 29.9 Å². The molecule has 0 bridgehead atoms. The van der Waals surface area contributed by atoms with E-state index in [1.165, 1.54) is 30.3 Å². The number of hydrogen-bond donors (Lipinski definition) is 1. The third-order valence-electron chi connectivity index (χ3n) is 7.78. The second kappa shape index (κ2) is 10.7. The van der Waals surface area contributed by atoms with E-state index in [-0.39, 0.29) is 34.2 Å². The minimum Gasteiger partial charge on any atom is -0.487 e. The summed E-state index contributed by atoms with van der Waals surface area (Å²) in [6, 6.07) is 16.0. The summed E-state index contributed by atoms with van der Waals surface area (Å²) < 4.78 is 33.3. The van der Waals surface area contributed by atoms with Gasteiger partial charge in [-0.1, -0.05) is 37.6 Å². The zero-order valence-electron chi connectivity index (χ0n) is 23.3. The lowest BCUT2D eigenvalue weighted by atomic mass is 9.68. The topological polar surface area (TPSA) is 79.4 Å². The molecular weight excluding hydrogens is 544 g/mol. The molecule has 1 aliphatic carbocycles. The van der Waals surface area contributed by atoms with Crippen LogP contribution in [0.5, 0.6) is 5.75 Å². The molecule has 0 aromatic heterocycles. The Labute approximate surface area is 243 Å². The van der Waals surface area contributed by atoms with Crippen molar-refractivity contribution in [3.8, 4) is 11.8 Å². The minimum atomic E-state index is -0.677. The van der Waals surface area contributed by atoms with Gasteiger partial charge in [0, 0.05) is 23.4 Å². The molecule has 5 nitrogen and oxygen atoms in total. The largest absolute Gasteiger partial charge is 0.487 e. The van der Waals surface area contributed by atoms with E-state index in [9.17, 15) is 18.8 Å². The fourth-order valence-corrected chi connectivity index (χ4v) is 6.06. The van der Waals surface area contributed by atoms with Crippen LogP contribution in [0.1, 0.15) is 54.9 Å². The van der Waals surface area contributed by atoms with Crippen molar-refractivity contribution < 1.29 is 18.3 Å². The SMILES string of the molecule is Cc1cc(C)c(C2C(C#N)=C(N)N(c3ccc(F)cc3)C3=C2C(=O)CC(C)(C)C3)cc1COc1ccc(F)cc1Cl. The highest BCUT2D eigenvalue weighted by molar-refractivity contribution is 6.32. The number of aryl methyl sites for hydroxylation is 2. The summed E-state index contributed by atoms with van der Waals surface area (Å²) in [5.41, 5.74) is 11.9. The summed E-state index contributed by atoms with van der Waals surface area (Å²) in [6.45, 7) is 8.09. The molecule has 0 radical (unpaired) electrons. The Hall–Kier alpha value is -4.15. The second-order valence-electron chi connectivity index (χ2n) is 11.5. The highest BCUT2D eigenvalue weighted by atomic mass is 35.5. The molecule has 0 amide bonds. The van der Waals surface area contributed by atoms with Crippen molar-refractivity contribution in [1.82, 2.24) is 0 Å². The average Bonchev–Trinajstić information content (AvgIpc) is 2.89. The molecule has 2 aliphatic rings. The van der Waals surface area contributed by atoms with Gasteiger partial charge in [0.25, 0.3) is 0 Å². The molecule has 8 heteroatoms. The maximum Gasteiger partial charge on any atom is 0.162 e.